The SMILES string of the molecule is COC(=O)C1CCCN(C(=O)c2cccc(F)c2F)C1. The molecule has 20 heavy (non-hydrogen) atoms. The van der Waals surface area contributed by atoms with Crippen LogP contribution < -0.4 is 0 Å². The first-order chi connectivity index (χ1) is 9.54. The maximum atomic E-state index is 13.6. The van der Waals surface area contributed by atoms with E-state index in [4.69, 9.17) is 0 Å². The minimum Gasteiger partial charge on any atom is -0.469 e. The van der Waals surface area contributed by atoms with Crippen molar-refractivity contribution in [3.05, 3.63) is 35.4 Å². The molecule has 1 aliphatic rings. The van der Waals surface area contributed by atoms with Gasteiger partial charge in [0, 0.05) is 13.1 Å². The second-order valence-electron chi connectivity index (χ2n) is 4.71. The van der Waals surface area contributed by atoms with E-state index in [0.29, 0.717) is 19.4 Å². The van der Waals surface area contributed by atoms with Crippen LogP contribution in [0.5, 0.6) is 0 Å². The first kappa shape index (κ1) is 14.4. The van der Waals surface area contributed by atoms with Crippen LogP contribution in [0.1, 0.15) is 23.2 Å². The van der Waals surface area contributed by atoms with Gasteiger partial charge in [0.2, 0.25) is 0 Å². The van der Waals surface area contributed by atoms with Crippen LogP contribution >= 0.6 is 0 Å². The fourth-order valence-corrected chi connectivity index (χ4v) is 2.36. The zero-order valence-corrected chi connectivity index (χ0v) is 11.1. The zero-order chi connectivity index (χ0) is 14.7. The molecule has 0 aliphatic carbocycles. The van der Waals surface area contributed by atoms with Crippen LogP contribution in [-0.2, 0) is 9.53 Å². The van der Waals surface area contributed by atoms with Gasteiger partial charge in [0.15, 0.2) is 11.6 Å². The van der Waals surface area contributed by atoms with Crippen molar-refractivity contribution >= 4 is 11.9 Å². The third-order valence-corrected chi connectivity index (χ3v) is 3.43. The Kier molecular flexibility index (Phi) is 4.32. The van der Waals surface area contributed by atoms with E-state index in [1.807, 2.05) is 0 Å². The summed E-state index contributed by atoms with van der Waals surface area (Å²) in [6.07, 6.45) is 1.25. The van der Waals surface area contributed by atoms with E-state index in [-0.39, 0.29) is 18.1 Å². The highest BCUT2D eigenvalue weighted by molar-refractivity contribution is 5.94. The Balaban J connectivity index is 2.16. The molecule has 1 aliphatic heterocycles. The Morgan fingerprint density at radius 2 is 2.10 bits per heavy atom. The minimum absolute atomic E-state index is 0.168. The third kappa shape index (κ3) is 2.79. The van der Waals surface area contributed by atoms with Gasteiger partial charge >= 0.3 is 5.97 Å². The van der Waals surface area contributed by atoms with Crippen LogP contribution in [0.25, 0.3) is 0 Å². The first-order valence-corrected chi connectivity index (χ1v) is 6.35. The summed E-state index contributed by atoms with van der Waals surface area (Å²) < 4.78 is 31.4. The summed E-state index contributed by atoms with van der Waals surface area (Å²) in [6.45, 7) is 0.587. The van der Waals surface area contributed by atoms with Crippen LogP contribution in [0.2, 0.25) is 0 Å². The number of amides is 1. The average Bonchev–Trinajstić information content (AvgIpc) is 2.48. The summed E-state index contributed by atoms with van der Waals surface area (Å²) in [5.41, 5.74) is -0.310. The van der Waals surface area contributed by atoms with Crippen molar-refractivity contribution in [2.24, 2.45) is 5.92 Å². The number of esters is 1. The summed E-state index contributed by atoms with van der Waals surface area (Å²) in [4.78, 5) is 25.1. The Hall–Kier alpha value is -1.98. The molecule has 1 atom stereocenters. The van der Waals surface area contributed by atoms with Gasteiger partial charge in [0.05, 0.1) is 18.6 Å². The molecule has 1 saturated heterocycles. The van der Waals surface area contributed by atoms with E-state index in [0.717, 1.165) is 6.07 Å². The minimum atomic E-state index is -1.15. The summed E-state index contributed by atoms with van der Waals surface area (Å²) >= 11 is 0. The third-order valence-electron chi connectivity index (χ3n) is 3.43. The van der Waals surface area contributed by atoms with Crippen molar-refractivity contribution in [3.8, 4) is 0 Å². The van der Waals surface area contributed by atoms with Crippen LogP contribution in [0.15, 0.2) is 18.2 Å². The number of benzene rings is 1. The molecule has 1 fully saturated rings. The molecule has 0 N–H and O–H groups in total. The smallest absolute Gasteiger partial charge is 0.310 e. The standard InChI is InChI=1S/C14H15F2NO3/c1-20-14(19)9-4-3-7-17(8-9)13(18)10-5-2-6-11(15)12(10)16/h2,5-6,9H,3-4,7-8H2,1H3. The van der Waals surface area contributed by atoms with E-state index in [9.17, 15) is 18.4 Å². The maximum Gasteiger partial charge on any atom is 0.310 e. The molecule has 108 valence electrons. The molecule has 1 unspecified atom stereocenters. The van der Waals surface area contributed by atoms with Gasteiger partial charge in [0.1, 0.15) is 0 Å². The van der Waals surface area contributed by atoms with Crippen molar-refractivity contribution in [2.45, 2.75) is 12.8 Å². The van der Waals surface area contributed by atoms with Gasteiger partial charge in [-0.25, -0.2) is 8.78 Å². The molecule has 1 aromatic carbocycles. The van der Waals surface area contributed by atoms with Crippen LogP contribution in [0, 0.1) is 17.6 Å². The Morgan fingerprint density at radius 1 is 1.35 bits per heavy atom. The van der Waals surface area contributed by atoms with Gasteiger partial charge in [0.25, 0.3) is 5.91 Å². The lowest BCUT2D eigenvalue weighted by Crippen LogP contribution is -2.43. The lowest BCUT2D eigenvalue weighted by molar-refractivity contribution is -0.146. The van der Waals surface area contributed by atoms with Crippen molar-refractivity contribution in [2.75, 3.05) is 20.2 Å². The number of hydrogen-bond acceptors (Lipinski definition) is 3. The number of piperidine rings is 1. The van der Waals surface area contributed by atoms with E-state index < -0.39 is 23.5 Å². The van der Waals surface area contributed by atoms with Gasteiger partial charge in [-0.1, -0.05) is 6.07 Å². The predicted molar refractivity (Wildman–Crippen MR) is 67.0 cm³/mol. The molecule has 4 nitrogen and oxygen atoms in total. The van der Waals surface area contributed by atoms with Gasteiger partial charge in [-0.2, -0.15) is 0 Å². The van der Waals surface area contributed by atoms with Crippen LogP contribution in [-0.4, -0.2) is 37.0 Å². The molecule has 0 radical (unpaired) electrons. The highest BCUT2D eigenvalue weighted by atomic mass is 19.2. The molecular formula is C14H15F2NO3. The van der Waals surface area contributed by atoms with Gasteiger partial charge in [-0.3, -0.25) is 9.59 Å². The predicted octanol–water partition coefficient (Wildman–Crippen LogP) is 1.99. The number of ether oxygens (including phenoxy) is 1. The second kappa shape index (κ2) is 5.98. The first-order valence-electron chi connectivity index (χ1n) is 6.35. The normalized spacial score (nSPS) is 18.8. The maximum absolute atomic E-state index is 13.6. The molecule has 0 aromatic heterocycles. The molecule has 0 bridgehead atoms. The van der Waals surface area contributed by atoms with Crippen molar-refractivity contribution in [3.63, 3.8) is 0 Å². The lowest BCUT2D eigenvalue weighted by Gasteiger charge is -2.31. The number of likely N-dealkylation sites (tertiary alicyclic amines) is 1. The Labute approximate surface area is 115 Å². The summed E-state index contributed by atoms with van der Waals surface area (Å²) in [5.74, 6) is -3.61. The molecule has 6 heteroatoms. The molecular weight excluding hydrogens is 268 g/mol. The highest BCUT2D eigenvalue weighted by Crippen LogP contribution is 2.21. The number of carbonyl (C=O) groups is 2. The quantitative estimate of drug-likeness (QED) is 0.780. The van der Waals surface area contributed by atoms with E-state index in [1.54, 1.807) is 0 Å². The highest BCUT2D eigenvalue weighted by Gasteiger charge is 2.30. The fraction of sp³-hybridized carbons (Fsp3) is 0.429. The van der Waals surface area contributed by atoms with Gasteiger partial charge < -0.3 is 9.64 Å². The van der Waals surface area contributed by atoms with Crippen molar-refractivity contribution in [1.29, 1.82) is 0 Å². The number of carbonyl (C=O) groups excluding carboxylic acids is 2. The monoisotopic (exact) mass is 283 g/mol. The Morgan fingerprint density at radius 3 is 2.80 bits per heavy atom. The largest absolute Gasteiger partial charge is 0.469 e. The number of hydrogen-bond donors (Lipinski definition) is 0. The van der Waals surface area contributed by atoms with Crippen molar-refractivity contribution in [1.82, 2.24) is 4.90 Å². The number of nitrogens with zero attached hydrogens (tertiary/aromatic N) is 1. The summed E-state index contributed by atoms with van der Waals surface area (Å²) in [6, 6.07) is 3.48. The molecule has 0 spiro atoms. The Bertz CT molecular complexity index is 533. The molecule has 1 aromatic rings. The average molecular weight is 283 g/mol. The fourth-order valence-electron chi connectivity index (χ4n) is 2.36. The van der Waals surface area contributed by atoms with Crippen molar-refractivity contribution < 1.29 is 23.1 Å². The molecule has 1 amide bonds. The lowest BCUT2D eigenvalue weighted by atomic mass is 9.97. The summed E-state index contributed by atoms with van der Waals surface area (Å²) in [7, 11) is 1.29. The molecule has 1 heterocycles. The summed E-state index contributed by atoms with van der Waals surface area (Å²) in [5, 5.41) is 0. The van der Waals surface area contributed by atoms with Crippen LogP contribution in [0.4, 0.5) is 8.78 Å². The number of halogens is 2. The van der Waals surface area contributed by atoms with E-state index in [1.165, 1.54) is 24.1 Å². The molecule has 2 rings (SSSR count). The number of methoxy groups -OCH3 is 1. The molecule has 0 saturated carbocycles. The van der Waals surface area contributed by atoms with E-state index >= 15 is 0 Å². The zero-order valence-electron chi connectivity index (χ0n) is 11.1. The van der Waals surface area contributed by atoms with Crippen LogP contribution in [0.3, 0.4) is 0 Å². The topological polar surface area (TPSA) is 46.6 Å². The van der Waals surface area contributed by atoms with E-state index in [2.05, 4.69) is 4.74 Å². The van der Waals surface area contributed by atoms with Gasteiger partial charge in [-0.15, -0.1) is 0 Å². The second-order valence-corrected chi connectivity index (χ2v) is 4.71. The number of rotatable bonds is 2. The van der Waals surface area contributed by atoms with Gasteiger partial charge in [-0.05, 0) is 25.0 Å².